The maximum absolute atomic E-state index is 11.4. The summed E-state index contributed by atoms with van der Waals surface area (Å²) in [5, 5.41) is 12.4. The van der Waals surface area contributed by atoms with Crippen LogP contribution in [0.15, 0.2) is 16.8 Å². The van der Waals surface area contributed by atoms with Gasteiger partial charge in [-0.2, -0.15) is 16.6 Å². The van der Waals surface area contributed by atoms with Crippen molar-refractivity contribution in [2.24, 2.45) is 0 Å². The third kappa shape index (κ3) is 3.19. The third-order valence-electron chi connectivity index (χ3n) is 1.94. The van der Waals surface area contributed by atoms with Crippen molar-refractivity contribution in [3.63, 3.8) is 0 Å². The lowest BCUT2D eigenvalue weighted by Gasteiger charge is -2.11. The molecule has 1 rings (SSSR count). The van der Waals surface area contributed by atoms with E-state index >= 15 is 0 Å². The fraction of sp³-hybridized carbons (Fsp3) is 0.400. The van der Waals surface area contributed by atoms with Gasteiger partial charge >= 0.3 is 0 Å². The molecule has 0 radical (unpaired) electrons. The Balaban J connectivity index is 2.32. The number of carbonyl (C=O) groups excluding carboxylic acids is 1. The van der Waals surface area contributed by atoms with Gasteiger partial charge < -0.3 is 4.90 Å². The zero-order valence-corrected chi connectivity index (χ0v) is 8.88. The van der Waals surface area contributed by atoms with Crippen molar-refractivity contribution in [3.8, 4) is 6.07 Å². The van der Waals surface area contributed by atoms with Crippen molar-refractivity contribution >= 4 is 17.2 Å². The van der Waals surface area contributed by atoms with E-state index in [1.807, 2.05) is 22.9 Å². The minimum atomic E-state index is 0.0257. The first-order chi connectivity index (χ1) is 6.74. The van der Waals surface area contributed by atoms with Crippen LogP contribution in [0.3, 0.4) is 0 Å². The molecular weight excluding hydrogens is 196 g/mol. The fourth-order valence-corrected chi connectivity index (χ4v) is 1.77. The van der Waals surface area contributed by atoms with Crippen molar-refractivity contribution in [2.45, 2.75) is 12.8 Å². The molecule has 3 nitrogen and oxygen atoms in total. The van der Waals surface area contributed by atoms with Gasteiger partial charge in [0.1, 0.15) is 6.54 Å². The third-order valence-corrected chi connectivity index (χ3v) is 2.67. The number of nitriles is 1. The van der Waals surface area contributed by atoms with E-state index in [0.29, 0.717) is 6.42 Å². The monoisotopic (exact) mass is 208 g/mol. The van der Waals surface area contributed by atoms with Gasteiger partial charge in [-0.1, -0.05) is 0 Å². The average Bonchev–Trinajstić information content (AvgIpc) is 2.67. The Bertz CT molecular complexity index is 326. The molecule has 0 aliphatic heterocycles. The summed E-state index contributed by atoms with van der Waals surface area (Å²) in [6, 6.07) is 3.96. The Morgan fingerprint density at radius 3 is 3.07 bits per heavy atom. The second-order valence-electron chi connectivity index (χ2n) is 3.04. The molecule has 0 atom stereocenters. The summed E-state index contributed by atoms with van der Waals surface area (Å²) in [5.41, 5.74) is 1.19. The molecule has 0 fully saturated rings. The van der Waals surface area contributed by atoms with E-state index in [-0.39, 0.29) is 12.5 Å². The van der Waals surface area contributed by atoms with E-state index in [2.05, 4.69) is 0 Å². The minimum Gasteiger partial charge on any atom is -0.332 e. The first-order valence-corrected chi connectivity index (χ1v) is 5.30. The SMILES string of the molecule is CN(CC#N)C(=O)CCc1ccsc1. The highest BCUT2D eigenvalue weighted by atomic mass is 32.1. The van der Waals surface area contributed by atoms with Crippen LogP contribution in [0.5, 0.6) is 0 Å². The molecule has 1 aromatic rings. The Morgan fingerprint density at radius 1 is 1.71 bits per heavy atom. The molecule has 14 heavy (non-hydrogen) atoms. The predicted octanol–water partition coefficient (Wildman–Crippen LogP) is 1.66. The molecule has 0 unspecified atom stereocenters. The summed E-state index contributed by atoms with van der Waals surface area (Å²) in [4.78, 5) is 12.9. The van der Waals surface area contributed by atoms with Crippen LogP contribution in [0.4, 0.5) is 0 Å². The van der Waals surface area contributed by atoms with E-state index < -0.39 is 0 Å². The Kier molecular flexibility index (Phi) is 4.14. The maximum atomic E-state index is 11.4. The molecule has 74 valence electrons. The van der Waals surface area contributed by atoms with Gasteiger partial charge in [0.2, 0.25) is 5.91 Å². The topological polar surface area (TPSA) is 44.1 Å². The normalized spacial score (nSPS) is 9.43. The van der Waals surface area contributed by atoms with Gasteiger partial charge in [0.15, 0.2) is 0 Å². The quantitative estimate of drug-likeness (QED) is 0.706. The first-order valence-electron chi connectivity index (χ1n) is 4.36. The smallest absolute Gasteiger partial charge is 0.223 e. The lowest BCUT2D eigenvalue weighted by Crippen LogP contribution is -2.27. The van der Waals surface area contributed by atoms with Crippen molar-refractivity contribution in [1.82, 2.24) is 4.90 Å². The predicted molar refractivity (Wildman–Crippen MR) is 55.9 cm³/mol. The summed E-state index contributed by atoms with van der Waals surface area (Å²) in [5.74, 6) is 0.0257. The first kappa shape index (κ1) is 10.7. The summed E-state index contributed by atoms with van der Waals surface area (Å²) < 4.78 is 0. The van der Waals surface area contributed by atoms with Crippen LogP contribution >= 0.6 is 11.3 Å². The highest BCUT2D eigenvalue weighted by Crippen LogP contribution is 2.08. The number of nitrogens with zero attached hydrogens (tertiary/aromatic N) is 2. The van der Waals surface area contributed by atoms with Crippen molar-refractivity contribution in [1.29, 1.82) is 5.26 Å². The lowest BCUT2D eigenvalue weighted by molar-refractivity contribution is -0.129. The fourth-order valence-electron chi connectivity index (χ4n) is 1.07. The highest BCUT2D eigenvalue weighted by Gasteiger charge is 2.07. The number of carbonyl (C=O) groups is 1. The molecule has 4 heteroatoms. The summed E-state index contributed by atoms with van der Waals surface area (Å²) in [6.07, 6.45) is 1.24. The summed E-state index contributed by atoms with van der Waals surface area (Å²) in [6.45, 7) is 0.169. The molecule has 0 aromatic carbocycles. The summed E-state index contributed by atoms with van der Waals surface area (Å²) in [7, 11) is 1.65. The van der Waals surface area contributed by atoms with Gasteiger partial charge in [-0.15, -0.1) is 0 Å². The van der Waals surface area contributed by atoms with Crippen molar-refractivity contribution in [2.75, 3.05) is 13.6 Å². The molecule has 1 amide bonds. The number of rotatable bonds is 4. The standard InChI is InChI=1S/C10H12N2OS/c1-12(6-5-11)10(13)3-2-9-4-7-14-8-9/h4,7-8H,2-3,6H2,1H3. The number of hydrogen-bond acceptors (Lipinski definition) is 3. The van der Waals surface area contributed by atoms with Gasteiger partial charge in [-0.3, -0.25) is 4.79 Å². The highest BCUT2D eigenvalue weighted by molar-refractivity contribution is 7.07. The average molecular weight is 208 g/mol. The molecule has 0 spiro atoms. The molecule has 0 saturated heterocycles. The van der Waals surface area contributed by atoms with E-state index in [0.717, 1.165) is 6.42 Å². The molecule has 0 aliphatic rings. The Hall–Kier alpha value is -1.34. The molecular formula is C10H12N2OS. The van der Waals surface area contributed by atoms with Crippen molar-refractivity contribution in [3.05, 3.63) is 22.4 Å². The second-order valence-corrected chi connectivity index (χ2v) is 3.82. The lowest BCUT2D eigenvalue weighted by atomic mass is 10.2. The van der Waals surface area contributed by atoms with E-state index in [1.54, 1.807) is 18.4 Å². The zero-order valence-electron chi connectivity index (χ0n) is 8.06. The minimum absolute atomic E-state index is 0.0257. The molecule has 0 bridgehead atoms. The van der Waals surface area contributed by atoms with Crippen LogP contribution in [-0.4, -0.2) is 24.4 Å². The summed E-state index contributed by atoms with van der Waals surface area (Å²) >= 11 is 1.63. The van der Waals surface area contributed by atoms with Gasteiger partial charge in [0, 0.05) is 13.5 Å². The molecule has 0 aliphatic carbocycles. The molecule has 0 saturated carbocycles. The zero-order chi connectivity index (χ0) is 10.4. The molecule has 0 N–H and O–H groups in total. The van der Waals surface area contributed by atoms with E-state index in [4.69, 9.17) is 5.26 Å². The second kappa shape index (κ2) is 5.40. The van der Waals surface area contributed by atoms with Gasteiger partial charge in [0.05, 0.1) is 6.07 Å². The van der Waals surface area contributed by atoms with Gasteiger partial charge in [-0.25, -0.2) is 0 Å². The van der Waals surface area contributed by atoms with Gasteiger partial charge in [-0.05, 0) is 28.8 Å². The van der Waals surface area contributed by atoms with Crippen LogP contribution in [0.1, 0.15) is 12.0 Å². The van der Waals surface area contributed by atoms with E-state index in [1.165, 1.54) is 10.5 Å². The number of amides is 1. The van der Waals surface area contributed by atoms with Crippen LogP contribution < -0.4 is 0 Å². The van der Waals surface area contributed by atoms with Crippen LogP contribution in [-0.2, 0) is 11.2 Å². The Morgan fingerprint density at radius 2 is 2.50 bits per heavy atom. The van der Waals surface area contributed by atoms with Crippen LogP contribution in [0, 0.1) is 11.3 Å². The number of hydrogen-bond donors (Lipinski definition) is 0. The Labute approximate surface area is 87.6 Å². The van der Waals surface area contributed by atoms with E-state index in [9.17, 15) is 4.79 Å². The molecule has 1 aromatic heterocycles. The van der Waals surface area contributed by atoms with Crippen molar-refractivity contribution < 1.29 is 4.79 Å². The largest absolute Gasteiger partial charge is 0.332 e. The van der Waals surface area contributed by atoms with Crippen LogP contribution in [0.2, 0.25) is 0 Å². The maximum Gasteiger partial charge on any atom is 0.223 e. The molecule has 1 heterocycles. The van der Waals surface area contributed by atoms with Gasteiger partial charge in [0.25, 0.3) is 0 Å². The number of thiophene rings is 1. The van der Waals surface area contributed by atoms with Crippen LogP contribution in [0.25, 0.3) is 0 Å². The number of aryl methyl sites for hydroxylation is 1.